The first-order chi connectivity index (χ1) is 8.08. The van der Waals surface area contributed by atoms with Gasteiger partial charge in [-0.15, -0.1) is 0 Å². The molecule has 1 aromatic rings. The van der Waals surface area contributed by atoms with Crippen LogP contribution < -0.4 is 5.32 Å². The molecule has 17 heavy (non-hydrogen) atoms. The predicted octanol–water partition coefficient (Wildman–Crippen LogP) is 2.01. The molecule has 0 heterocycles. The highest BCUT2D eigenvalue weighted by atomic mass is 16.6. The molecule has 6 heteroatoms. The number of nitro groups is 1. The molecule has 0 saturated heterocycles. The number of nitrogens with one attached hydrogen (secondary N) is 1. The third-order valence-electron chi connectivity index (χ3n) is 2.19. The minimum absolute atomic E-state index is 0.0257. The normalized spacial score (nSPS) is 9.41. The number of anilines is 1. The molecule has 1 N–H and O–H groups in total. The number of nitro benzene ring substituents is 1. The number of hydrogen-bond acceptors (Lipinski definition) is 4. The van der Waals surface area contributed by atoms with Gasteiger partial charge in [0.05, 0.1) is 11.0 Å². The second-order valence-electron chi connectivity index (χ2n) is 3.34. The Morgan fingerprint density at radius 2 is 2.29 bits per heavy atom. The zero-order valence-corrected chi connectivity index (χ0v) is 9.27. The summed E-state index contributed by atoms with van der Waals surface area (Å²) in [7, 11) is 0. The molecule has 0 bridgehead atoms. The van der Waals surface area contributed by atoms with Gasteiger partial charge in [0, 0.05) is 17.3 Å². The van der Waals surface area contributed by atoms with Crippen molar-refractivity contribution in [3.63, 3.8) is 0 Å². The van der Waals surface area contributed by atoms with E-state index < -0.39 is 10.8 Å². The predicted molar refractivity (Wildman–Crippen MR) is 61.3 cm³/mol. The summed E-state index contributed by atoms with van der Waals surface area (Å²) in [5.74, 6) is -0.481. The molecular formula is C11H11N3O3. The Morgan fingerprint density at radius 1 is 1.59 bits per heavy atom. The number of carbonyl (C=O) groups is 1. The fourth-order valence-corrected chi connectivity index (χ4v) is 1.39. The first-order valence-corrected chi connectivity index (χ1v) is 5.02. The van der Waals surface area contributed by atoms with E-state index in [0.717, 1.165) is 0 Å². The lowest BCUT2D eigenvalue weighted by Crippen LogP contribution is -2.10. The molecular weight excluding hydrogens is 222 g/mol. The molecule has 0 aliphatic carbocycles. The number of rotatable bonds is 4. The van der Waals surface area contributed by atoms with E-state index in [1.54, 1.807) is 18.2 Å². The van der Waals surface area contributed by atoms with Crippen molar-refractivity contribution in [2.24, 2.45) is 0 Å². The summed E-state index contributed by atoms with van der Waals surface area (Å²) < 4.78 is 0. The number of amides is 1. The van der Waals surface area contributed by atoms with Crippen LogP contribution in [0.3, 0.4) is 0 Å². The van der Waals surface area contributed by atoms with Gasteiger partial charge in [0.2, 0.25) is 5.91 Å². The van der Waals surface area contributed by atoms with Gasteiger partial charge in [-0.05, 0) is 12.5 Å². The molecule has 0 aliphatic rings. The number of benzene rings is 1. The topological polar surface area (TPSA) is 96.0 Å². The van der Waals surface area contributed by atoms with Crippen LogP contribution in [-0.2, 0) is 11.2 Å². The van der Waals surface area contributed by atoms with E-state index in [0.29, 0.717) is 17.7 Å². The molecule has 1 rings (SSSR count). The first-order valence-electron chi connectivity index (χ1n) is 5.02. The molecule has 0 aliphatic heterocycles. The van der Waals surface area contributed by atoms with Crippen LogP contribution in [0, 0.1) is 21.4 Å². The molecule has 0 saturated carbocycles. The lowest BCUT2D eigenvalue weighted by atomic mass is 10.1. The molecule has 88 valence electrons. The van der Waals surface area contributed by atoms with Crippen LogP contribution in [-0.4, -0.2) is 10.8 Å². The van der Waals surface area contributed by atoms with Gasteiger partial charge in [0.1, 0.15) is 6.42 Å². The van der Waals surface area contributed by atoms with E-state index in [9.17, 15) is 14.9 Å². The molecule has 0 unspecified atom stereocenters. The highest BCUT2D eigenvalue weighted by Crippen LogP contribution is 2.23. The van der Waals surface area contributed by atoms with Crippen molar-refractivity contribution >= 4 is 17.3 Å². The summed E-state index contributed by atoms with van der Waals surface area (Å²) in [4.78, 5) is 21.4. The van der Waals surface area contributed by atoms with E-state index >= 15 is 0 Å². The zero-order valence-electron chi connectivity index (χ0n) is 9.27. The maximum absolute atomic E-state index is 11.1. The monoisotopic (exact) mass is 233 g/mol. The summed E-state index contributed by atoms with van der Waals surface area (Å²) >= 11 is 0. The average Bonchev–Trinajstić information content (AvgIpc) is 2.29. The van der Waals surface area contributed by atoms with Crippen LogP contribution in [0.25, 0.3) is 0 Å². The van der Waals surface area contributed by atoms with E-state index in [4.69, 9.17) is 5.26 Å². The van der Waals surface area contributed by atoms with Gasteiger partial charge in [0.25, 0.3) is 5.69 Å². The Kier molecular flexibility index (Phi) is 4.17. The van der Waals surface area contributed by atoms with E-state index in [1.807, 2.05) is 6.92 Å². The van der Waals surface area contributed by atoms with E-state index in [1.165, 1.54) is 6.07 Å². The summed E-state index contributed by atoms with van der Waals surface area (Å²) in [6.45, 7) is 1.82. The fourth-order valence-electron chi connectivity index (χ4n) is 1.39. The van der Waals surface area contributed by atoms with Crippen LogP contribution in [0.5, 0.6) is 0 Å². The third-order valence-corrected chi connectivity index (χ3v) is 2.19. The van der Waals surface area contributed by atoms with Gasteiger partial charge in [-0.25, -0.2) is 0 Å². The Balaban J connectivity index is 2.97. The smallest absolute Gasteiger partial charge is 0.274 e. The molecule has 1 aromatic carbocycles. The molecule has 6 nitrogen and oxygen atoms in total. The molecule has 0 spiro atoms. The second kappa shape index (κ2) is 5.61. The van der Waals surface area contributed by atoms with Gasteiger partial charge in [-0.2, -0.15) is 5.26 Å². The Bertz CT molecular complexity index is 491. The molecule has 0 atom stereocenters. The van der Waals surface area contributed by atoms with Gasteiger partial charge in [0.15, 0.2) is 0 Å². The number of carbonyl (C=O) groups excluding carboxylic acids is 1. The number of nitriles is 1. The van der Waals surface area contributed by atoms with Gasteiger partial charge in [-0.1, -0.05) is 13.0 Å². The van der Waals surface area contributed by atoms with Crippen LogP contribution in [0.4, 0.5) is 11.4 Å². The summed E-state index contributed by atoms with van der Waals surface area (Å²) in [6, 6.07) is 6.18. The minimum Gasteiger partial charge on any atom is -0.325 e. The van der Waals surface area contributed by atoms with Crippen molar-refractivity contribution in [2.75, 3.05) is 5.32 Å². The SMILES string of the molecule is CCc1ccc(NC(=O)CC#N)cc1[N+](=O)[O-]. The maximum atomic E-state index is 11.1. The van der Waals surface area contributed by atoms with Crippen LogP contribution in [0.1, 0.15) is 18.9 Å². The summed E-state index contributed by atoms with van der Waals surface area (Å²) in [5.41, 5.74) is 0.907. The number of hydrogen-bond donors (Lipinski definition) is 1. The van der Waals surface area contributed by atoms with Crippen LogP contribution in [0.15, 0.2) is 18.2 Å². The largest absolute Gasteiger partial charge is 0.325 e. The van der Waals surface area contributed by atoms with Gasteiger partial charge < -0.3 is 5.32 Å². The Labute approximate surface area is 98.0 Å². The van der Waals surface area contributed by atoms with Crippen molar-refractivity contribution in [3.05, 3.63) is 33.9 Å². The van der Waals surface area contributed by atoms with Crippen molar-refractivity contribution in [3.8, 4) is 6.07 Å². The van der Waals surface area contributed by atoms with Crippen molar-refractivity contribution in [1.29, 1.82) is 5.26 Å². The fraction of sp³-hybridized carbons (Fsp3) is 0.273. The lowest BCUT2D eigenvalue weighted by molar-refractivity contribution is -0.385. The first kappa shape index (κ1) is 12.6. The van der Waals surface area contributed by atoms with Crippen molar-refractivity contribution < 1.29 is 9.72 Å². The second-order valence-corrected chi connectivity index (χ2v) is 3.34. The van der Waals surface area contributed by atoms with Crippen LogP contribution in [0.2, 0.25) is 0 Å². The standard InChI is InChI=1S/C11H11N3O3/c1-2-8-3-4-9(7-10(8)14(16)17)13-11(15)5-6-12/h3-4,7H,2,5H2,1H3,(H,13,15). The molecule has 0 radical (unpaired) electrons. The van der Waals surface area contributed by atoms with E-state index in [2.05, 4.69) is 5.32 Å². The minimum atomic E-state index is -0.487. The Hall–Kier alpha value is -2.42. The van der Waals surface area contributed by atoms with Crippen LogP contribution >= 0.6 is 0 Å². The van der Waals surface area contributed by atoms with Crippen molar-refractivity contribution in [2.45, 2.75) is 19.8 Å². The summed E-state index contributed by atoms with van der Waals surface area (Å²) in [5, 5.41) is 21.5. The zero-order chi connectivity index (χ0) is 12.8. The number of nitrogens with zero attached hydrogens (tertiary/aromatic N) is 2. The molecule has 1 amide bonds. The van der Waals surface area contributed by atoms with Gasteiger partial charge in [-0.3, -0.25) is 14.9 Å². The van der Waals surface area contributed by atoms with Crippen molar-refractivity contribution in [1.82, 2.24) is 0 Å². The average molecular weight is 233 g/mol. The third kappa shape index (κ3) is 3.28. The summed E-state index contributed by atoms with van der Waals surface area (Å²) in [6.07, 6.45) is 0.270. The van der Waals surface area contributed by atoms with E-state index in [-0.39, 0.29) is 12.1 Å². The number of aryl methyl sites for hydroxylation is 1. The Morgan fingerprint density at radius 3 is 2.82 bits per heavy atom. The maximum Gasteiger partial charge on any atom is 0.274 e. The highest BCUT2D eigenvalue weighted by Gasteiger charge is 2.13. The molecule has 0 fully saturated rings. The molecule has 0 aromatic heterocycles. The highest BCUT2D eigenvalue weighted by molar-refractivity contribution is 5.92. The quantitative estimate of drug-likeness (QED) is 0.635. The lowest BCUT2D eigenvalue weighted by Gasteiger charge is -2.05. The van der Waals surface area contributed by atoms with Gasteiger partial charge >= 0.3 is 0 Å².